The molecule has 3 fully saturated rings. The summed E-state index contributed by atoms with van der Waals surface area (Å²) < 4.78 is 51.8. The van der Waals surface area contributed by atoms with Gasteiger partial charge in [-0.25, -0.2) is 0 Å². The molecular weight excluding hydrogens is 497 g/mol. The van der Waals surface area contributed by atoms with E-state index >= 15 is 0 Å². The number of hydrogen-bond donors (Lipinski definition) is 0. The number of hydrogen-bond acceptors (Lipinski definition) is 6. The van der Waals surface area contributed by atoms with E-state index in [9.17, 15) is 18.0 Å². The first kappa shape index (κ1) is 26.7. The van der Waals surface area contributed by atoms with Gasteiger partial charge in [-0.05, 0) is 69.9 Å². The second-order valence-electron chi connectivity index (χ2n) is 10.8. The number of rotatable bonds is 5. The van der Waals surface area contributed by atoms with E-state index in [0.29, 0.717) is 18.9 Å². The molecule has 3 saturated heterocycles. The van der Waals surface area contributed by atoms with Gasteiger partial charge in [-0.1, -0.05) is 0 Å². The van der Waals surface area contributed by atoms with Crippen LogP contribution in [0, 0.1) is 0 Å². The third kappa shape index (κ3) is 5.91. The molecule has 0 unspecified atom stereocenters. The highest BCUT2D eigenvalue weighted by molar-refractivity contribution is 5.95. The third-order valence-electron chi connectivity index (χ3n) is 8.00. The molecule has 0 radical (unpaired) electrons. The molecule has 2 aromatic rings. The van der Waals surface area contributed by atoms with Crippen LogP contribution in [0.5, 0.6) is 5.75 Å². The predicted molar refractivity (Wildman–Crippen MR) is 139 cm³/mol. The Morgan fingerprint density at radius 2 is 1.71 bits per heavy atom. The van der Waals surface area contributed by atoms with Crippen LogP contribution in [-0.2, 0) is 15.7 Å². The number of pyridine rings is 1. The van der Waals surface area contributed by atoms with Gasteiger partial charge in [-0.2, -0.15) is 13.2 Å². The maximum atomic E-state index is 13.2. The Bertz CT molecular complexity index is 1110. The largest absolute Gasteiger partial charge is 0.490 e. The monoisotopic (exact) mass is 532 g/mol. The van der Waals surface area contributed by atoms with Gasteiger partial charge in [-0.15, -0.1) is 0 Å². The average molecular weight is 533 g/mol. The van der Waals surface area contributed by atoms with Gasteiger partial charge < -0.3 is 24.2 Å². The number of likely N-dealkylation sites (tertiary alicyclic amines) is 1. The summed E-state index contributed by atoms with van der Waals surface area (Å²) in [6, 6.07) is 9.74. The molecule has 0 saturated carbocycles. The lowest BCUT2D eigenvalue weighted by molar-refractivity contribution is -0.141. The summed E-state index contributed by atoms with van der Waals surface area (Å²) in [5.41, 5.74) is -0.216. The zero-order chi connectivity index (χ0) is 26.9. The molecule has 7 nitrogen and oxygen atoms in total. The van der Waals surface area contributed by atoms with Crippen molar-refractivity contribution in [2.45, 2.75) is 63.5 Å². The van der Waals surface area contributed by atoms with Crippen LogP contribution in [0.25, 0.3) is 0 Å². The molecule has 0 bridgehead atoms. The third-order valence-corrected chi connectivity index (χ3v) is 8.00. The fourth-order valence-corrected chi connectivity index (χ4v) is 5.59. The van der Waals surface area contributed by atoms with Crippen molar-refractivity contribution >= 4 is 17.3 Å². The molecule has 4 heterocycles. The summed E-state index contributed by atoms with van der Waals surface area (Å²) in [6.45, 7) is 8.08. The molecule has 3 aliphatic heterocycles. The van der Waals surface area contributed by atoms with Gasteiger partial charge in [0.15, 0.2) is 0 Å². The molecule has 0 N–H and O–H groups in total. The number of halogens is 3. The fraction of sp³-hybridized carbons (Fsp3) is 0.571. The molecule has 1 aromatic carbocycles. The lowest BCUT2D eigenvalue weighted by atomic mass is 9.88. The Kier molecular flexibility index (Phi) is 7.55. The van der Waals surface area contributed by atoms with E-state index < -0.39 is 17.3 Å². The number of benzene rings is 1. The minimum absolute atomic E-state index is 0.153. The number of nitrogens with zero attached hydrogens (tertiary/aromatic N) is 4. The van der Waals surface area contributed by atoms with Crippen molar-refractivity contribution in [3.63, 3.8) is 0 Å². The summed E-state index contributed by atoms with van der Waals surface area (Å²) in [6.07, 6.45) is 1.19. The van der Waals surface area contributed by atoms with E-state index in [0.717, 1.165) is 62.7 Å². The van der Waals surface area contributed by atoms with Crippen molar-refractivity contribution < 1.29 is 27.4 Å². The van der Waals surface area contributed by atoms with Crippen LogP contribution in [0.3, 0.4) is 0 Å². The first-order chi connectivity index (χ1) is 18.1. The number of amides is 1. The molecular formula is C28H35F3N4O3. The van der Waals surface area contributed by atoms with Gasteiger partial charge in [0.05, 0.1) is 29.6 Å². The van der Waals surface area contributed by atoms with Crippen molar-refractivity contribution in [1.82, 2.24) is 9.88 Å². The Morgan fingerprint density at radius 3 is 2.34 bits per heavy atom. The number of alkyl halides is 3. The summed E-state index contributed by atoms with van der Waals surface area (Å²) >= 11 is 0. The quantitative estimate of drug-likeness (QED) is 0.554. The SMILES string of the molecule is CC(C)N1CCC(Oc2ccc(N3CCC4(CC3)CN(c3cncc(C(F)(F)F)c3)C(=O)CO4)cc2)CC1. The topological polar surface area (TPSA) is 58.1 Å². The number of carbonyl (C=O) groups excluding carboxylic acids is 1. The Hall–Kier alpha value is -2.85. The molecule has 38 heavy (non-hydrogen) atoms. The highest BCUT2D eigenvalue weighted by Crippen LogP contribution is 2.36. The van der Waals surface area contributed by atoms with E-state index in [4.69, 9.17) is 9.47 Å². The van der Waals surface area contributed by atoms with Crippen LogP contribution in [-0.4, -0.2) is 72.9 Å². The summed E-state index contributed by atoms with van der Waals surface area (Å²) in [5, 5.41) is 0. The zero-order valence-corrected chi connectivity index (χ0v) is 21.9. The van der Waals surface area contributed by atoms with Gasteiger partial charge >= 0.3 is 6.18 Å². The van der Waals surface area contributed by atoms with E-state index in [2.05, 4.69) is 40.8 Å². The zero-order valence-electron chi connectivity index (χ0n) is 21.9. The average Bonchev–Trinajstić information content (AvgIpc) is 2.91. The maximum absolute atomic E-state index is 13.2. The molecule has 3 aliphatic rings. The molecule has 1 amide bonds. The second-order valence-corrected chi connectivity index (χ2v) is 10.8. The van der Waals surface area contributed by atoms with E-state index in [-0.39, 0.29) is 30.9 Å². The number of anilines is 2. The Labute approximate surface area is 221 Å². The molecule has 1 spiro atoms. The van der Waals surface area contributed by atoms with Crippen LogP contribution in [0.2, 0.25) is 0 Å². The normalized spacial score (nSPS) is 21.4. The van der Waals surface area contributed by atoms with Gasteiger partial charge in [0, 0.05) is 44.1 Å². The summed E-state index contributed by atoms with van der Waals surface area (Å²) in [7, 11) is 0. The fourth-order valence-electron chi connectivity index (χ4n) is 5.59. The standard InChI is InChI=1S/C28H35F3N4O3/c1-20(2)33-11-7-25(8-12-33)38-24-5-3-22(4-6-24)34-13-9-27(10-14-34)19-35(26(36)18-37-27)23-15-21(16-32-17-23)28(29,30)31/h3-6,15-17,20,25H,7-14,18-19H2,1-2H3. The molecule has 1 aromatic heterocycles. The molecule has 0 aliphatic carbocycles. The van der Waals surface area contributed by atoms with Crippen molar-refractivity contribution in [2.75, 3.05) is 49.1 Å². The van der Waals surface area contributed by atoms with Crippen LogP contribution in [0.4, 0.5) is 24.5 Å². The summed E-state index contributed by atoms with van der Waals surface area (Å²) in [4.78, 5) is 22.4. The predicted octanol–water partition coefficient (Wildman–Crippen LogP) is 4.75. The maximum Gasteiger partial charge on any atom is 0.417 e. The van der Waals surface area contributed by atoms with Crippen LogP contribution >= 0.6 is 0 Å². The van der Waals surface area contributed by atoms with E-state index in [1.807, 2.05) is 12.1 Å². The van der Waals surface area contributed by atoms with E-state index in [1.165, 1.54) is 11.1 Å². The number of aromatic nitrogens is 1. The first-order valence-electron chi connectivity index (χ1n) is 13.3. The Morgan fingerprint density at radius 1 is 1.03 bits per heavy atom. The minimum Gasteiger partial charge on any atom is -0.490 e. The molecule has 206 valence electrons. The highest BCUT2D eigenvalue weighted by Gasteiger charge is 2.43. The van der Waals surface area contributed by atoms with Gasteiger partial charge in [0.2, 0.25) is 0 Å². The van der Waals surface area contributed by atoms with Gasteiger partial charge in [0.25, 0.3) is 5.91 Å². The van der Waals surface area contributed by atoms with E-state index in [1.54, 1.807) is 0 Å². The number of carbonyl (C=O) groups is 1. The van der Waals surface area contributed by atoms with Gasteiger partial charge in [0.1, 0.15) is 18.5 Å². The van der Waals surface area contributed by atoms with Crippen molar-refractivity contribution in [2.24, 2.45) is 0 Å². The molecule has 0 atom stereocenters. The van der Waals surface area contributed by atoms with Crippen LogP contribution < -0.4 is 14.5 Å². The number of ether oxygens (including phenoxy) is 2. The van der Waals surface area contributed by atoms with Crippen molar-refractivity contribution in [1.29, 1.82) is 0 Å². The first-order valence-corrected chi connectivity index (χ1v) is 13.3. The smallest absolute Gasteiger partial charge is 0.417 e. The Balaban J connectivity index is 1.17. The second kappa shape index (κ2) is 10.7. The van der Waals surface area contributed by atoms with Crippen LogP contribution in [0.15, 0.2) is 42.7 Å². The van der Waals surface area contributed by atoms with Crippen molar-refractivity contribution in [3.8, 4) is 5.75 Å². The lowest BCUT2D eigenvalue weighted by Gasteiger charge is -2.47. The summed E-state index contributed by atoms with van der Waals surface area (Å²) in [5.74, 6) is 0.523. The highest BCUT2D eigenvalue weighted by atomic mass is 19.4. The van der Waals surface area contributed by atoms with Gasteiger partial charge in [-0.3, -0.25) is 9.78 Å². The van der Waals surface area contributed by atoms with Crippen molar-refractivity contribution in [3.05, 3.63) is 48.3 Å². The lowest BCUT2D eigenvalue weighted by Crippen LogP contribution is -2.59. The van der Waals surface area contributed by atoms with Crippen LogP contribution in [0.1, 0.15) is 45.1 Å². The minimum atomic E-state index is -4.52. The molecule has 5 rings (SSSR count). The number of morpholine rings is 1. The molecule has 10 heteroatoms. The number of piperidine rings is 2.